The third kappa shape index (κ3) is 6.44. The second-order valence-corrected chi connectivity index (χ2v) is 11.0. The number of carbonyl (C=O) groups excluding carboxylic acids is 2. The number of rotatable bonds is 8. The first-order valence-electron chi connectivity index (χ1n) is 11.5. The van der Waals surface area contributed by atoms with Gasteiger partial charge in [0.2, 0.25) is 10.0 Å². The average Bonchev–Trinajstić information content (AvgIpc) is 2.89. The zero-order chi connectivity index (χ0) is 26.6. The summed E-state index contributed by atoms with van der Waals surface area (Å²) in [4.78, 5) is 26.1. The van der Waals surface area contributed by atoms with E-state index >= 15 is 0 Å². The number of nitrogens with zero attached hydrogens (tertiary/aromatic N) is 1. The van der Waals surface area contributed by atoms with Gasteiger partial charge in [0.05, 0.1) is 24.2 Å². The number of ketones is 1. The highest BCUT2D eigenvalue weighted by molar-refractivity contribution is 7.92. The van der Waals surface area contributed by atoms with E-state index in [2.05, 4.69) is 5.32 Å². The van der Waals surface area contributed by atoms with Gasteiger partial charge in [-0.2, -0.15) is 0 Å². The lowest BCUT2D eigenvalue weighted by Crippen LogP contribution is -2.29. The summed E-state index contributed by atoms with van der Waals surface area (Å²) in [6.45, 7) is 2.13. The Balaban J connectivity index is 1.56. The summed E-state index contributed by atoms with van der Waals surface area (Å²) in [6, 6.07) is 27.3. The molecule has 4 rings (SSSR count). The van der Waals surface area contributed by atoms with Gasteiger partial charge in [-0.3, -0.25) is 13.9 Å². The number of benzene rings is 4. The number of halogens is 1. The van der Waals surface area contributed by atoms with Crippen LogP contribution in [0.2, 0.25) is 5.02 Å². The van der Waals surface area contributed by atoms with E-state index in [1.54, 1.807) is 60.7 Å². The number of aryl methyl sites for hydroxylation is 1. The molecule has 0 radical (unpaired) electrons. The van der Waals surface area contributed by atoms with Crippen molar-refractivity contribution in [2.24, 2.45) is 0 Å². The molecule has 0 aliphatic carbocycles. The zero-order valence-corrected chi connectivity index (χ0v) is 21.9. The normalized spacial score (nSPS) is 11.1. The highest BCUT2D eigenvalue weighted by Gasteiger charge is 2.20. The first-order chi connectivity index (χ1) is 17.6. The fourth-order valence-electron chi connectivity index (χ4n) is 3.79. The van der Waals surface area contributed by atoms with Gasteiger partial charge in [0.25, 0.3) is 5.91 Å². The Labute approximate surface area is 221 Å². The highest BCUT2D eigenvalue weighted by atomic mass is 35.5. The molecular weight excluding hydrogens is 508 g/mol. The van der Waals surface area contributed by atoms with Gasteiger partial charge < -0.3 is 5.32 Å². The molecule has 1 N–H and O–H groups in total. The van der Waals surface area contributed by atoms with Crippen LogP contribution in [0.3, 0.4) is 0 Å². The van der Waals surface area contributed by atoms with E-state index in [-0.39, 0.29) is 17.9 Å². The standard InChI is InChI=1S/C29H25ClN2O4S/c1-20-8-10-21(11-9-20)19-32(37(2,35)36)25-15-12-23(13-16-25)29(34)31-27-17-14-24(30)18-26(27)28(33)22-6-4-3-5-7-22/h3-18H,19H2,1-2H3,(H,31,34). The molecular formula is C29H25ClN2O4S. The average molecular weight is 533 g/mol. The predicted molar refractivity (Wildman–Crippen MR) is 148 cm³/mol. The van der Waals surface area contributed by atoms with Crippen LogP contribution in [-0.2, 0) is 16.6 Å². The summed E-state index contributed by atoms with van der Waals surface area (Å²) in [6.07, 6.45) is 1.15. The Hall–Kier alpha value is -3.94. The van der Waals surface area contributed by atoms with Crippen molar-refractivity contribution in [3.05, 3.63) is 130 Å². The third-order valence-electron chi connectivity index (χ3n) is 5.78. The van der Waals surface area contributed by atoms with Crippen LogP contribution < -0.4 is 9.62 Å². The smallest absolute Gasteiger partial charge is 0.255 e. The van der Waals surface area contributed by atoms with Crippen molar-refractivity contribution in [1.82, 2.24) is 0 Å². The Bertz CT molecular complexity index is 1540. The van der Waals surface area contributed by atoms with Gasteiger partial charge >= 0.3 is 0 Å². The number of carbonyl (C=O) groups is 2. The van der Waals surface area contributed by atoms with Gasteiger partial charge in [-0.25, -0.2) is 8.42 Å². The van der Waals surface area contributed by atoms with Crippen LogP contribution in [0.15, 0.2) is 97.1 Å². The van der Waals surface area contributed by atoms with Crippen LogP contribution in [0.4, 0.5) is 11.4 Å². The molecule has 0 bridgehead atoms. The molecule has 188 valence electrons. The van der Waals surface area contributed by atoms with Crippen LogP contribution >= 0.6 is 11.6 Å². The molecule has 0 saturated carbocycles. The van der Waals surface area contributed by atoms with Gasteiger partial charge in [0.1, 0.15) is 0 Å². The molecule has 4 aromatic rings. The van der Waals surface area contributed by atoms with Crippen molar-refractivity contribution in [1.29, 1.82) is 0 Å². The topological polar surface area (TPSA) is 83.6 Å². The predicted octanol–water partition coefficient (Wildman–Crippen LogP) is 6.10. The SMILES string of the molecule is Cc1ccc(CN(c2ccc(C(=O)Nc3ccc(Cl)cc3C(=O)c3ccccc3)cc2)S(C)(=O)=O)cc1. The molecule has 8 heteroatoms. The second-order valence-electron chi connectivity index (χ2n) is 8.64. The van der Waals surface area contributed by atoms with Crippen LogP contribution in [0, 0.1) is 6.92 Å². The maximum atomic E-state index is 13.0. The van der Waals surface area contributed by atoms with E-state index in [1.807, 2.05) is 37.3 Å². The van der Waals surface area contributed by atoms with Crippen molar-refractivity contribution in [3.8, 4) is 0 Å². The maximum Gasteiger partial charge on any atom is 0.255 e. The van der Waals surface area contributed by atoms with E-state index in [9.17, 15) is 18.0 Å². The number of hydrogen-bond acceptors (Lipinski definition) is 4. The van der Waals surface area contributed by atoms with Gasteiger partial charge in [-0.05, 0) is 55.0 Å². The summed E-state index contributed by atoms with van der Waals surface area (Å²) in [5, 5.41) is 3.15. The highest BCUT2D eigenvalue weighted by Crippen LogP contribution is 2.26. The lowest BCUT2D eigenvalue weighted by atomic mass is 10.0. The molecule has 0 fully saturated rings. The molecule has 0 aliphatic rings. The lowest BCUT2D eigenvalue weighted by molar-refractivity contribution is 0.102. The molecule has 0 heterocycles. The van der Waals surface area contributed by atoms with Crippen molar-refractivity contribution in [2.45, 2.75) is 13.5 Å². The van der Waals surface area contributed by atoms with Crippen LogP contribution in [0.5, 0.6) is 0 Å². The van der Waals surface area contributed by atoms with Gasteiger partial charge in [0, 0.05) is 21.7 Å². The van der Waals surface area contributed by atoms with Gasteiger partial charge in [-0.15, -0.1) is 0 Å². The van der Waals surface area contributed by atoms with Crippen LogP contribution in [-0.4, -0.2) is 26.4 Å². The summed E-state index contributed by atoms with van der Waals surface area (Å²) in [5.74, 6) is -0.714. The molecule has 0 saturated heterocycles. The maximum absolute atomic E-state index is 13.0. The Kier molecular flexibility index (Phi) is 7.76. The molecule has 6 nitrogen and oxygen atoms in total. The second kappa shape index (κ2) is 11.0. The largest absolute Gasteiger partial charge is 0.321 e. The Morgan fingerprint density at radius 3 is 2.11 bits per heavy atom. The Morgan fingerprint density at radius 2 is 1.49 bits per heavy atom. The fraction of sp³-hybridized carbons (Fsp3) is 0.103. The first kappa shape index (κ1) is 26.1. The molecule has 0 unspecified atom stereocenters. The zero-order valence-electron chi connectivity index (χ0n) is 20.3. The molecule has 1 amide bonds. The van der Waals surface area contributed by atoms with E-state index in [4.69, 9.17) is 11.6 Å². The Morgan fingerprint density at radius 1 is 0.838 bits per heavy atom. The van der Waals surface area contributed by atoms with Gasteiger partial charge in [0.15, 0.2) is 5.78 Å². The third-order valence-corrected chi connectivity index (χ3v) is 7.15. The van der Waals surface area contributed by atoms with E-state index in [0.29, 0.717) is 27.5 Å². The molecule has 4 aromatic carbocycles. The van der Waals surface area contributed by atoms with Crippen molar-refractivity contribution in [3.63, 3.8) is 0 Å². The minimum Gasteiger partial charge on any atom is -0.321 e. The summed E-state index contributed by atoms with van der Waals surface area (Å²) in [5.41, 5.74) is 3.73. The number of amides is 1. The lowest BCUT2D eigenvalue weighted by Gasteiger charge is -2.23. The quantitative estimate of drug-likeness (QED) is 0.278. The van der Waals surface area contributed by atoms with Crippen molar-refractivity contribution in [2.75, 3.05) is 15.9 Å². The molecule has 0 atom stereocenters. The molecule has 0 aliphatic heterocycles. The monoisotopic (exact) mass is 532 g/mol. The van der Waals surface area contributed by atoms with Crippen LogP contribution in [0.1, 0.15) is 37.4 Å². The van der Waals surface area contributed by atoms with Gasteiger partial charge in [-0.1, -0.05) is 71.8 Å². The molecule has 0 spiro atoms. The summed E-state index contributed by atoms with van der Waals surface area (Å²) in [7, 11) is -3.57. The minimum atomic E-state index is -3.57. The summed E-state index contributed by atoms with van der Waals surface area (Å²) >= 11 is 6.13. The molecule has 37 heavy (non-hydrogen) atoms. The fourth-order valence-corrected chi connectivity index (χ4v) is 4.85. The summed E-state index contributed by atoms with van der Waals surface area (Å²) < 4.78 is 26.3. The first-order valence-corrected chi connectivity index (χ1v) is 13.7. The minimum absolute atomic E-state index is 0.167. The van der Waals surface area contributed by atoms with Crippen molar-refractivity contribution >= 4 is 44.7 Å². The van der Waals surface area contributed by atoms with E-state index < -0.39 is 15.9 Å². The van der Waals surface area contributed by atoms with E-state index in [1.165, 1.54) is 10.4 Å². The van der Waals surface area contributed by atoms with E-state index in [0.717, 1.165) is 17.4 Å². The van der Waals surface area contributed by atoms with Crippen LogP contribution in [0.25, 0.3) is 0 Å². The number of sulfonamides is 1. The molecule has 0 aromatic heterocycles. The number of hydrogen-bond donors (Lipinski definition) is 1. The van der Waals surface area contributed by atoms with Crippen molar-refractivity contribution < 1.29 is 18.0 Å². The number of nitrogens with one attached hydrogen (secondary N) is 1. The number of anilines is 2.